The van der Waals surface area contributed by atoms with E-state index in [1.807, 2.05) is 0 Å². The molecule has 0 bridgehead atoms. The Balaban J connectivity index is 1.83. The second-order valence-corrected chi connectivity index (χ2v) is 8.00. The highest BCUT2D eigenvalue weighted by molar-refractivity contribution is 6.31. The predicted octanol–water partition coefficient (Wildman–Crippen LogP) is 2.17. The third kappa shape index (κ3) is 4.06. The van der Waals surface area contributed by atoms with E-state index in [0.717, 1.165) is 0 Å². The zero-order valence-corrected chi connectivity index (χ0v) is 17.4. The quantitative estimate of drug-likeness (QED) is 0.469. The smallest absolute Gasteiger partial charge is 0.261 e. The van der Waals surface area contributed by atoms with Gasteiger partial charge in [0, 0.05) is 27.3 Å². The highest BCUT2D eigenvalue weighted by Gasteiger charge is 2.43. The van der Waals surface area contributed by atoms with Crippen LogP contribution in [0.1, 0.15) is 16.6 Å². The van der Waals surface area contributed by atoms with Gasteiger partial charge in [-0.05, 0) is 42.5 Å². The Morgan fingerprint density at radius 2 is 1.74 bits per heavy atom. The molecule has 162 valence electrons. The Bertz CT molecular complexity index is 1200. The average Bonchev–Trinajstić information content (AvgIpc) is 3.04. The predicted molar refractivity (Wildman–Crippen MR) is 116 cm³/mol. The number of amides is 1. The van der Waals surface area contributed by atoms with E-state index < -0.39 is 42.5 Å². The van der Waals surface area contributed by atoms with Crippen molar-refractivity contribution in [3.63, 3.8) is 0 Å². The van der Waals surface area contributed by atoms with Crippen LogP contribution in [0.25, 0.3) is 10.9 Å². The first-order valence-electron chi connectivity index (χ1n) is 9.34. The van der Waals surface area contributed by atoms with Crippen LogP contribution in [0.15, 0.2) is 53.5 Å². The molecule has 0 radical (unpaired) electrons. The Kier molecular flexibility index (Phi) is 6.02. The number of rotatable bonds is 4. The van der Waals surface area contributed by atoms with E-state index in [-0.39, 0.29) is 16.0 Å². The van der Waals surface area contributed by atoms with Crippen LogP contribution in [0.4, 0.5) is 5.69 Å². The minimum atomic E-state index is -1.40. The van der Waals surface area contributed by atoms with Crippen molar-refractivity contribution < 1.29 is 24.9 Å². The van der Waals surface area contributed by atoms with Crippen LogP contribution in [-0.2, 0) is 4.74 Å². The molecule has 0 unspecified atom stereocenters. The number of carbonyl (C=O) groups excluding carboxylic acids is 1. The van der Waals surface area contributed by atoms with E-state index in [9.17, 15) is 24.9 Å². The molecule has 1 aliphatic heterocycles. The average molecular weight is 465 g/mol. The normalized spacial score (nSPS) is 23.3. The second-order valence-electron chi connectivity index (χ2n) is 7.13. The van der Waals surface area contributed by atoms with Crippen molar-refractivity contribution in [2.24, 2.45) is 0 Å². The third-order valence-electron chi connectivity index (χ3n) is 5.13. The number of hydrogen-bond donors (Lipinski definition) is 4. The van der Waals surface area contributed by atoms with Gasteiger partial charge in [-0.3, -0.25) is 9.59 Å². The topological polar surface area (TPSA) is 121 Å². The van der Waals surface area contributed by atoms with E-state index >= 15 is 0 Å². The molecular formula is C21H18Cl2N2O6. The monoisotopic (exact) mass is 464 g/mol. The maximum atomic E-state index is 13.1. The van der Waals surface area contributed by atoms with Crippen LogP contribution in [0.5, 0.6) is 0 Å². The first-order valence-corrected chi connectivity index (χ1v) is 10.1. The third-order valence-corrected chi connectivity index (χ3v) is 5.62. The van der Waals surface area contributed by atoms with E-state index in [1.165, 1.54) is 16.8 Å². The standard InChI is InChI=1S/C21H18Cl2N2O6/c22-10-1-4-12(5-2-10)24-20(30)14-8-25(21-19(29)18(28)16(9-26)31-21)15-6-3-11(23)7-13(15)17(14)27/h1-8,16,18-19,21,26,28-29H,9H2,(H,24,30)/t16-,18-,19-,21-/m1/s1. The Morgan fingerprint density at radius 1 is 1.06 bits per heavy atom. The van der Waals surface area contributed by atoms with Gasteiger partial charge in [-0.2, -0.15) is 0 Å². The van der Waals surface area contributed by atoms with Gasteiger partial charge in [-0.25, -0.2) is 0 Å². The van der Waals surface area contributed by atoms with E-state index in [4.69, 9.17) is 27.9 Å². The molecule has 0 spiro atoms. The summed E-state index contributed by atoms with van der Waals surface area (Å²) in [5.41, 5.74) is -0.0128. The Labute approximate surface area is 186 Å². The summed E-state index contributed by atoms with van der Waals surface area (Å²) in [6, 6.07) is 10.9. The molecule has 1 aromatic heterocycles. The number of pyridine rings is 1. The minimum absolute atomic E-state index is 0.133. The molecule has 2 heterocycles. The summed E-state index contributed by atoms with van der Waals surface area (Å²) in [5.74, 6) is -0.685. The van der Waals surface area contributed by atoms with Gasteiger partial charge in [0.1, 0.15) is 23.9 Å². The second kappa shape index (κ2) is 8.58. The van der Waals surface area contributed by atoms with Crippen LogP contribution in [0, 0.1) is 0 Å². The van der Waals surface area contributed by atoms with Crippen molar-refractivity contribution in [1.82, 2.24) is 4.57 Å². The number of ether oxygens (including phenoxy) is 1. The van der Waals surface area contributed by atoms with E-state index in [2.05, 4.69) is 5.32 Å². The van der Waals surface area contributed by atoms with Crippen molar-refractivity contribution >= 4 is 45.7 Å². The zero-order valence-electron chi connectivity index (χ0n) is 15.9. The van der Waals surface area contributed by atoms with Gasteiger partial charge in [-0.1, -0.05) is 23.2 Å². The minimum Gasteiger partial charge on any atom is -0.394 e. The number of benzene rings is 2. The van der Waals surface area contributed by atoms with Crippen LogP contribution < -0.4 is 10.7 Å². The van der Waals surface area contributed by atoms with Crippen molar-refractivity contribution in [2.75, 3.05) is 11.9 Å². The lowest BCUT2D eigenvalue weighted by Gasteiger charge is -2.22. The summed E-state index contributed by atoms with van der Waals surface area (Å²) in [5, 5.41) is 33.5. The van der Waals surface area contributed by atoms with Crippen molar-refractivity contribution in [1.29, 1.82) is 0 Å². The fourth-order valence-electron chi connectivity index (χ4n) is 3.54. The molecule has 1 fully saturated rings. The molecule has 31 heavy (non-hydrogen) atoms. The van der Waals surface area contributed by atoms with Crippen molar-refractivity contribution in [2.45, 2.75) is 24.5 Å². The van der Waals surface area contributed by atoms with Crippen molar-refractivity contribution in [3.8, 4) is 0 Å². The molecule has 3 aromatic rings. The summed E-state index contributed by atoms with van der Waals surface area (Å²) in [7, 11) is 0. The molecule has 1 amide bonds. The van der Waals surface area contributed by atoms with Crippen LogP contribution >= 0.6 is 23.2 Å². The molecule has 8 nitrogen and oxygen atoms in total. The number of halogens is 2. The number of nitrogens with one attached hydrogen (secondary N) is 1. The first-order chi connectivity index (χ1) is 14.8. The molecule has 4 atom stereocenters. The van der Waals surface area contributed by atoms with Crippen LogP contribution in [0.3, 0.4) is 0 Å². The number of nitrogens with zero attached hydrogens (tertiary/aromatic N) is 1. The summed E-state index contributed by atoms with van der Waals surface area (Å²) in [6.07, 6.45) is -3.65. The number of hydrogen-bond acceptors (Lipinski definition) is 6. The molecule has 4 rings (SSSR count). The number of anilines is 1. The highest BCUT2D eigenvalue weighted by atomic mass is 35.5. The van der Waals surface area contributed by atoms with Crippen LogP contribution in [-0.4, -0.2) is 50.7 Å². The Hall–Kier alpha value is -2.46. The molecule has 4 N–H and O–H groups in total. The van der Waals surface area contributed by atoms with E-state index in [1.54, 1.807) is 36.4 Å². The summed E-state index contributed by atoms with van der Waals surface area (Å²) in [6.45, 7) is -0.511. The lowest BCUT2D eigenvalue weighted by Crippen LogP contribution is -2.33. The van der Waals surface area contributed by atoms with Gasteiger partial charge in [0.2, 0.25) is 5.43 Å². The fourth-order valence-corrected chi connectivity index (χ4v) is 3.84. The van der Waals surface area contributed by atoms with E-state index in [0.29, 0.717) is 16.2 Å². The number of aromatic nitrogens is 1. The van der Waals surface area contributed by atoms with Gasteiger partial charge in [-0.15, -0.1) is 0 Å². The number of aliphatic hydroxyl groups excluding tert-OH is 3. The van der Waals surface area contributed by atoms with Gasteiger partial charge >= 0.3 is 0 Å². The lowest BCUT2D eigenvalue weighted by atomic mass is 10.1. The molecule has 0 saturated carbocycles. The highest BCUT2D eigenvalue weighted by Crippen LogP contribution is 2.32. The number of fused-ring (bicyclic) bond motifs is 1. The molecular weight excluding hydrogens is 447 g/mol. The zero-order chi connectivity index (χ0) is 22.3. The molecule has 10 heteroatoms. The van der Waals surface area contributed by atoms with Gasteiger partial charge in [0.15, 0.2) is 6.23 Å². The van der Waals surface area contributed by atoms with Crippen LogP contribution in [0.2, 0.25) is 10.0 Å². The van der Waals surface area contributed by atoms with Gasteiger partial charge in [0.05, 0.1) is 12.1 Å². The van der Waals surface area contributed by atoms with Gasteiger partial charge < -0.3 is 29.9 Å². The fraction of sp³-hybridized carbons (Fsp3) is 0.238. The summed E-state index contributed by atoms with van der Waals surface area (Å²) < 4.78 is 6.98. The summed E-state index contributed by atoms with van der Waals surface area (Å²) >= 11 is 11.9. The number of aliphatic hydroxyl groups is 3. The Morgan fingerprint density at radius 3 is 2.39 bits per heavy atom. The molecule has 1 aliphatic rings. The molecule has 1 saturated heterocycles. The maximum absolute atomic E-state index is 13.1. The summed E-state index contributed by atoms with van der Waals surface area (Å²) in [4.78, 5) is 26.0. The SMILES string of the molecule is O=C(Nc1ccc(Cl)cc1)c1cn([C@@H]2O[C@H](CO)[C@@H](O)[C@H]2O)c2ccc(Cl)cc2c1=O. The lowest BCUT2D eigenvalue weighted by molar-refractivity contribution is -0.0509. The molecule has 0 aliphatic carbocycles. The first kappa shape index (κ1) is 21.8. The van der Waals surface area contributed by atoms with Gasteiger partial charge in [0.25, 0.3) is 5.91 Å². The largest absolute Gasteiger partial charge is 0.394 e. The number of carbonyl (C=O) groups is 1. The van der Waals surface area contributed by atoms with Crippen molar-refractivity contribution in [3.05, 3.63) is 74.5 Å². The molecule has 2 aromatic carbocycles. The maximum Gasteiger partial charge on any atom is 0.261 e.